The van der Waals surface area contributed by atoms with Crippen molar-refractivity contribution in [3.63, 3.8) is 0 Å². The average molecular weight is 378 g/mol. The zero-order chi connectivity index (χ0) is 20.0. The summed E-state index contributed by atoms with van der Waals surface area (Å²) in [5.74, 6) is -2.21. The number of ether oxygens (including phenoxy) is 1. The number of fused-ring (bicyclic) bond motifs is 1. The third-order valence-electron chi connectivity index (χ3n) is 4.36. The molecule has 1 aliphatic heterocycles. The monoisotopic (exact) mass is 378 g/mol. The number of rotatable bonds is 2. The predicted octanol–water partition coefficient (Wildman–Crippen LogP) is 3.50. The van der Waals surface area contributed by atoms with Crippen molar-refractivity contribution in [2.45, 2.75) is 0 Å². The summed E-state index contributed by atoms with van der Waals surface area (Å²) >= 11 is 0. The number of carbonyl (C=O) groups excluding carboxylic acids is 1. The van der Waals surface area contributed by atoms with E-state index in [9.17, 15) is 30.3 Å². The molecule has 0 spiro atoms. The van der Waals surface area contributed by atoms with Gasteiger partial charge in [0.1, 0.15) is 22.8 Å². The van der Waals surface area contributed by atoms with Crippen molar-refractivity contribution in [1.29, 1.82) is 0 Å². The van der Waals surface area contributed by atoms with Crippen LogP contribution in [-0.2, 0) is 0 Å². The maximum Gasteiger partial charge on any atom is 0.235 e. The quantitative estimate of drug-likeness (QED) is 0.341. The number of carbonyl (C=O) groups is 1. The van der Waals surface area contributed by atoms with Crippen LogP contribution in [0, 0.1) is 0 Å². The van der Waals surface area contributed by atoms with Gasteiger partial charge < -0.3 is 30.3 Å². The molecule has 0 unspecified atom stereocenters. The van der Waals surface area contributed by atoms with Crippen LogP contribution in [0.2, 0.25) is 0 Å². The number of benzene rings is 3. The van der Waals surface area contributed by atoms with E-state index in [2.05, 4.69) is 0 Å². The molecule has 0 saturated carbocycles. The normalized spacial score (nSPS) is 14.1. The Morgan fingerprint density at radius 3 is 2.07 bits per heavy atom. The minimum Gasteiger partial charge on any atom is -0.508 e. The molecule has 7 heteroatoms. The first-order valence-corrected chi connectivity index (χ1v) is 8.19. The molecule has 140 valence electrons. The number of aromatic hydroxyl groups is 5. The fourth-order valence-electron chi connectivity index (χ4n) is 3.01. The third-order valence-corrected chi connectivity index (χ3v) is 4.36. The van der Waals surface area contributed by atoms with Crippen molar-refractivity contribution in [3.8, 4) is 45.6 Å². The molecule has 1 heterocycles. The standard InChI is InChI=1S/C21H14O7/c22-12-4-1-10(2-5-12)7-17-20(27)19-16(26)9-15(25)18(21(19)28-17)11-3-6-13(23)14(24)8-11/h1-9,22-26H/b17-7-. The molecule has 0 bridgehead atoms. The van der Waals surface area contributed by atoms with Gasteiger partial charge in [-0.2, -0.15) is 0 Å². The summed E-state index contributed by atoms with van der Waals surface area (Å²) in [6.07, 6.45) is 1.44. The average Bonchev–Trinajstić information content (AvgIpc) is 2.96. The molecule has 3 aromatic rings. The van der Waals surface area contributed by atoms with Crippen LogP contribution < -0.4 is 4.74 Å². The maximum atomic E-state index is 12.7. The maximum absolute atomic E-state index is 12.7. The smallest absolute Gasteiger partial charge is 0.235 e. The van der Waals surface area contributed by atoms with Crippen LogP contribution in [0.5, 0.6) is 34.5 Å². The highest BCUT2D eigenvalue weighted by atomic mass is 16.5. The van der Waals surface area contributed by atoms with Crippen LogP contribution in [0.15, 0.2) is 54.3 Å². The fraction of sp³-hybridized carbons (Fsp3) is 0. The van der Waals surface area contributed by atoms with Crippen LogP contribution in [-0.4, -0.2) is 31.3 Å². The van der Waals surface area contributed by atoms with Crippen LogP contribution >= 0.6 is 0 Å². The van der Waals surface area contributed by atoms with Crippen LogP contribution in [0.4, 0.5) is 0 Å². The van der Waals surface area contributed by atoms with Crippen molar-refractivity contribution in [2.24, 2.45) is 0 Å². The molecule has 28 heavy (non-hydrogen) atoms. The molecule has 7 nitrogen and oxygen atoms in total. The van der Waals surface area contributed by atoms with Gasteiger partial charge in [-0.15, -0.1) is 0 Å². The Labute approximate surface area is 158 Å². The first-order valence-electron chi connectivity index (χ1n) is 8.19. The van der Waals surface area contributed by atoms with Crippen molar-refractivity contribution in [1.82, 2.24) is 0 Å². The van der Waals surface area contributed by atoms with E-state index in [0.717, 1.165) is 6.07 Å². The van der Waals surface area contributed by atoms with E-state index in [-0.39, 0.29) is 45.4 Å². The Kier molecular flexibility index (Phi) is 3.85. The molecular formula is C21H14O7. The number of Topliss-reactive ketones (excluding diaryl/α,β-unsaturated/α-hetero) is 1. The van der Waals surface area contributed by atoms with Gasteiger partial charge in [0.05, 0.1) is 5.56 Å². The minimum absolute atomic E-state index is 0.0578. The number of hydrogen-bond acceptors (Lipinski definition) is 7. The highest BCUT2D eigenvalue weighted by Crippen LogP contribution is 2.50. The number of phenols is 5. The SMILES string of the molecule is O=C1/C(=C/c2ccc(O)cc2)Oc2c1c(O)cc(O)c2-c1ccc(O)c(O)c1. The lowest BCUT2D eigenvalue weighted by Gasteiger charge is -2.11. The number of allylic oxidation sites excluding steroid dienone is 1. The van der Waals surface area contributed by atoms with Gasteiger partial charge in [-0.3, -0.25) is 4.79 Å². The minimum atomic E-state index is -0.579. The zero-order valence-electron chi connectivity index (χ0n) is 14.2. The lowest BCUT2D eigenvalue weighted by atomic mass is 9.98. The molecule has 4 rings (SSSR count). The zero-order valence-corrected chi connectivity index (χ0v) is 14.2. The van der Waals surface area contributed by atoms with E-state index < -0.39 is 17.3 Å². The van der Waals surface area contributed by atoms with Gasteiger partial charge in [-0.25, -0.2) is 0 Å². The van der Waals surface area contributed by atoms with E-state index >= 15 is 0 Å². The molecule has 1 aliphatic rings. The topological polar surface area (TPSA) is 127 Å². The van der Waals surface area contributed by atoms with Gasteiger partial charge in [-0.1, -0.05) is 18.2 Å². The Morgan fingerprint density at radius 2 is 1.39 bits per heavy atom. The second kappa shape index (κ2) is 6.24. The van der Waals surface area contributed by atoms with E-state index in [1.807, 2.05) is 0 Å². The molecule has 0 aromatic heterocycles. The molecule has 0 saturated heterocycles. The van der Waals surface area contributed by atoms with Gasteiger partial charge in [0, 0.05) is 6.07 Å². The van der Waals surface area contributed by atoms with Crippen LogP contribution in [0.3, 0.4) is 0 Å². The van der Waals surface area contributed by atoms with E-state index in [0.29, 0.717) is 5.56 Å². The van der Waals surface area contributed by atoms with E-state index in [4.69, 9.17) is 4.74 Å². The lowest BCUT2D eigenvalue weighted by molar-refractivity contribution is 0.101. The third kappa shape index (κ3) is 2.75. The van der Waals surface area contributed by atoms with Gasteiger partial charge in [-0.05, 0) is 41.5 Å². The molecule has 0 fully saturated rings. The largest absolute Gasteiger partial charge is 0.508 e. The first kappa shape index (κ1) is 17.3. The van der Waals surface area contributed by atoms with Crippen molar-refractivity contribution in [3.05, 3.63) is 65.4 Å². The van der Waals surface area contributed by atoms with Crippen molar-refractivity contribution in [2.75, 3.05) is 0 Å². The second-order valence-electron chi connectivity index (χ2n) is 6.23. The Bertz CT molecular complexity index is 1140. The highest BCUT2D eigenvalue weighted by molar-refractivity contribution is 6.18. The summed E-state index contributed by atoms with van der Waals surface area (Å²) in [5.41, 5.74) is 0.833. The summed E-state index contributed by atoms with van der Waals surface area (Å²) in [6, 6.07) is 10.9. The summed E-state index contributed by atoms with van der Waals surface area (Å²) in [7, 11) is 0. The summed E-state index contributed by atoms with van der Waals surface area (Å²) in [5, 5.41) is 49.1. The summed E-state index contributed by atoms with van der Waals surface area (Å²) < 4.78 is 5.66. The van der Waals surface area contributed by atoms with Gasteiger partial charge in [0.2, 0.25) is 5.78 Å². The van der Waals surface area contributed by atoms with Crippen molar-refractivity contribution >= 4 is 11.9 Å². The fourth-order valence-corrected chi connectivity index (χ4v) is 3.01. The molecule has 0 atom stereocenters. The molecule has 0 amide bonds. The van der Waals surface area contributed by atoms with Gasteiger partial charge >= 0.3 is 0 Å². The number of hydrogen-bond donors (Lipinski definition) is 5. The highest BCUT2D eigenvalue weighted by Gasteiger charge is 2.35. The molecule has 3 aromatic carbocycles. The number of phenolic OH excluding ortho intramolecular Hbond substituents is 5. The van der Waals surface area contributed by atoms with Gasteiger partial charge in [0.25, 0.3) is 0 Å². The van der Waals surface area contributed by atoms with E-state index in [1.165, 1.54) is 36.4 Å². The number of ketones is 1. The van der Waals surface area contributed by atoms with E-state index in [1.54, 1.807) is 12.1 Å². The van der Waals surface area contributed by atoms with Gasteiger partial charge in [0.15, 0.2) is 23.0 Å². The molecule has 0 aliphatic carbocycles. The second-order valence-corrected chi connectivity index (χ2v) is 6.23. The Morgan fingerprint density at radius 1 is 0.714 bits per heavy atom. The predicted molar refractivity (Wildman–Crippen MR) is 99.6 cm³/mol. The molecule has 0 radical (unpaired) electrons. The summed E-state index contributed by atoms with van der Waals surface area (Å²) in [4.78, 5) is 12.7. The first-order chi connectivity index (χ1) is 13.3. The molecule has 5 N–H and O–H groups in total. The van der Waals surface area contributed by atoms with Crippen LogP contribution in [0.1, 0.15) is 15.9 Å². The van der Waals surface area contributed by atoms with Crippen molar-refractivity contribution < 1.29 is 35.1 Å². The molecular weight excluding hydrogens is 364 g/mol. The Balaban J connectivity index is 1.86. The van der Waals surface area contributed by atoms with Crippen LogP contribution in [0.25, 0.3) is 17.2 Å². The Hall–Kier alpha value is -4.13. The summed E-state index contributed by atoms with van der Waals surface area (Å²) in [6.45, 7) is 0. The lowest BCUT2D eigenvalue weighted by Crippen LogP contribution is -1.98.